The highest BCUT2D eigenvalue weighted by Crippen LogP contribution is 2.06. The van der Waals surface area contributed by atoms with E-state index in [-0.39, 0.29) is 12.3 Å². The van der Waals surface area contributed by atoms with Crippen LogP contribution in [0.2, 0.25) is 0 Å². The van der Waals surface area contributed by atoms with Gasteiger partial charge < -0.3 is 5.32 Å². The van der Waals surface area contributed by atoms with Crippen LogP contribution in [0.15, 0.2) is 18.3 Å². The van der Waals surface area contributed by atoms with Gasteiger partial charge in [-0.3, -0.25) is 4.98 Å². The molecular weight excluding hydrogens is 262 g/mol. The number of aromatic nitrogens is 1. The molecule has 0 spiro atoms. The van der Waals surface area contributed by atoms with Crippen molar-refractivity contribution in [1.29, 1.82) is 0 Å². The van der Waals surface area contributed by atoms with Gasteiger partial charge in [0.25, 0.3) is 0 Å². The highest BCUT2D eigenvalue weighted by atomic mass is 32.2. The molecule has 0 atom stereocenters. The van der Waals surface area contributed by atoms with Crippen molar-refractivity contribution >= 4 is 10.0 Å². The Bertz CT molecular complexity index is 475. The van der Waals surface area contributed by atoms with Crippen LogP contribution in [0.5, 0.6) is 0 Å². The molecule has 0 aliphatic rings. The van der Waals surface area contributed by atoms with E-state index >= 15 is 0 Å². The minimum Gasteiger partial charge on any atom is -0.320 e. The molecule has 0 aromatic carbocycles. The molecule has 0 aliphatic heterocycles. The van der Waals surface area contributed by atoms with E-state index in [4.69, 9.17) is 0 Å². The summed E-state index contributed by atoms with van der Waals surface area (Å²) in [5.41, 5.74) is 1.89. The number of pyridine rings is 1. The van der Waals surface area contributed by atoms with E-state index in [1.807, 2.05) is 26.1 Å². The van der Waals surface area contributed by atoms with Crippen LogP contribution >= 0.6 is 0 Å². The number of aryl methyl sites for hydroxylation is 1. The van der Waals surface area contributed by atoms with Crippen LogP contribution in [0, 0.1) is 0 Å². The molecule has 2 N–H and O–H groups in total. The average Bonchev–Trinajstić information content (AvgIpc) is 2.42. The number of nitrogens with one attached hydrogen (secondary N) is 2. The van der Waals surface area contributed by atoms with Crippen LogP contribution in [0.4, 0.5) is 0 Å². The quantitative estimate of drug-likeness (QED) is 0.666. The minimum atomic E-state index is -3.20. The summed E-state index contributed by atoms with van der Waals surface area (Å²) < 4.78 is 26.2. The molecule has 1 aromatic heterocycles. The molecule has 0 unspecified atom stereocenters. The van der Waals surface area contributed by atoms with E-state index in [0.29, 0.717) is 6.42 Å². The predicted octanol–water partition coefficient (Wildman–Crippen LogP) is 1.06. The van der Waals surface area contributed by atoms with E-state index in [0.717, 1.165) is 30.6 Å². The summed E-state index contributed by atoms with van der Waals surface area (Å²) in [6.45, 7) is 3.15. The van der Waals surface area contributed by atoms with Gasteiger partial charge >= 0.3 is 0 Å². The largest absolute Gasteiger partial charge is 0.320 e. The molecule has 19 heavy (non-hydrogen) atoms. The average molecular weight is 285 g/mol. The molecule has 5 nitrogen and oxygen atoms in total. The highest BCUT2D eigenvalue weighted by molar-refractivity contribution is 7.89. The second-order valence-corrected chi connectivity index (χ2v) is 6.34. The monoisotopic (exact) mass is 285 g/mol. The molecule has 6 heteroatoms. The van der Waals surface area contributed by atoms with Crippen LogP contribution in [0.1, 0.15) is 31.0 Å². The standard InChI is InChI=1S/C13H23N3O2S/c1-3-12-7-6-9-15-13(12)11-16-19(17,18)10-5-4-8-14-2/h6-7,9,14,16H,3-5,8,10-11H2,1-2H3. The lowest BCUT2D eigenvalue weighted by molar-refractivity contribution is 0.574. The lowest BCUT2D eigenvalue weighted by atomic mass is 10.1. The lowest BCUT2D eigenvalue weighted by Gasteiger charge is -2.09. The van der Waals surface area contributed by atoms with Gasteiger partial charge in [-0.15, -0.1) is 0 Å². The fourth-order valence-electron chi connectivity index (χ4n) is 1.80. The second-order valence-electron chi connectivity index (χ2n) is 4.41. The van der Waals surface area contributed by atoms with Crippen molar-refractivity contribution in [3.63, 3.8) is 0 Å². The maximum Gasteiger partial charge on any atom is 0.211 e. The van der Waals surface area contributed by atoms with Crippen LogP contribution in [-0.2, 0) is 23.0 Å². The number of nitrogens with zero attached hydrogens (tertiary/aromatic N) is 1. The van der Waals surface area contributed by atoms with Crippen molar-refractivity contribution in [3.05, 3.63) is 29.6 Å². The maximum atomic E-state index is 11.8. The first kappa shape index (κ1) is 16.1. The van der Waals surface area contributed by atoms with Gasteiger partial charge in [0.2, 0.25) is 10.0 Å². The molecular formula is C13H23N3O2S. The molecule has 1 heterocycles. The number of sulfonamides is 1. The summed E-state index contributed by atoms with van der Waals surface area (Å²) in [6, 6.07) is 3.85. The summed E-state index contributed by atoms with van der Waals surface area (Å²) in [7, 11) is -1.34. The Labute approximate surface area is 115 Å². The molecule has 0 amide bonds. The smallest absolute Gasteiger partial charge is 0.211 e. The number of unbranched alkanes of at least 4 members (excludes halogenated alkanes) is 1. The van der Waals surface area contributed by atoms with Gasteiger partial charge in [0, 0.05) is 6.20 Å². The lowest BCUT2D eigenvalue weighted by Crippen LogP contribution is -2.27. The summed E-state index contributed by atoms with van der Waals surface area (Å²) >= 11 is 0. The molecule has 0 aliphatic carbocycles. The summed E-state index contributed by atoms with van der Waals surface area (Å²) in [6.07, 6.45) is 4.07. The normalized spacial score (nSPS) is 11.7. The van der Waals surface area contributed by atoms with E-state index < -0.39 is 10.0 Å². The molecule has 0 saturated carbocycles. The first-order chi connectivity index (χ1) is 9.09. The fraction of sp³-hybridized carbons (Fsp3) is 0.615. The summed E-state index contributed by atoms with van der Waals surface area (Å²) in [5, 5.41) is 3.00. The van der Waals surface area contributed by atoms with Gasteiger partial charge in [-0.1, -0.05) is 13.0 Å². The fourth-order valence-corrected chi connectivity index (χ4v) is 2.88. The maximum absolute atomic E-state index is 11.8. The van der Waals surface area contributed by atoms with Gasteiger partial charge in [0.15, 0.2) is 0 Å². The van der Waals surface area contributed by atoms with Gasteiger partial charge in [0.05, 0.1) is 18.0 Å². The zero-order chi connectivity index (χ0) is 14.1. The second kappa shape index (κ2) is 8.24. The van der Waals surface area contributed by atoms with E-state index in [9.17, 15) is 8.42 Å². The Morgan fingerprint density at radius 3 is 2.79 bits per heavy atom. The third kappa shape index (κ3) is 6.13. The summed E-state index contributed by atoms with van der Waals surface area (Å²) in [5.74, 6) is 0.170. The Morgan fingerprint density at radius 1 is 1.32 bits per heavy atom. The van der Waals surface area contributed by atoms with Crippen molar-refractivity contribution in [3.8, 4) is 0 Å². The topological polar surface area (TPSA) is 71.1 Å². The van der Waals surface area contributed by atoms with Crippen LogP contribution in [-0.4, -0.2) is 32.7 Å². The Kier molecular flexibility index (Phi) is 6.97. The number of hydrogen-bond acceptors (Lipinski definition) is 4. The zero-order valence-corrected chi connectivity index (χ0v) is 12.5. The first-order valence-electron chi connectivity index (χ1n) is 6.63. The van der Waals surface area contributed by atoms with Crippen molar-refractivity contribution in [2.24, 2.45) is 0 Å². The Hall–Kier alpha value is -0.980. The Balaban J connectivity index is 2.46. The summed E-state index contributed by atoms with van der Waals surface area (Å²) in [4.78, 5) is 4.23. The third-order valence-electron chi connectivity index (χ3n) is 2.91. The van der Waals surface area contributed by atoms with Crippen molar-refractivity contribution in [2.75, 3.05) is 19.3 Å². The molecule has 0 radical (unpaired) electrons. The molecule has 0 saturated heterocycles. The van der Waals surface area contributed by atoms with Crippen LogP contribution in [0.25, 0.3) is 0 Å². The van der Waals surface area contributed by atoms with Gasteiger partial charge in [0.1, 0.15) is 0 Å². The van der Waals surface area contributed by atoms with E-state index in [1.54, 1.807) is 6.20 Å². The first-order valence-corrected chi connectivity index (χ1v) is 8.29. The van der Waals surface area contributed by atoms with Gasteiger partial charge in [-0.25, -0.2) is 13.1 Å². The third-order valence-corrected chi connectivity index (χ3v) is 4.33. The van der Waals surface area contributed by atoms with Crippen LogP contribution < -0.4 is 10.0 Å². The molecule has 1 rings (SSSR count). The van der Waals surface area contributed by atoms with E-state index in [1.165, 1.54) is 0 Å². The number of hydrogen-bond donors (Lipinski definition) is 2. The zero-order valence-electron chi connectivity index (χ0n) is 11.6. The number of rotatable bonds is 9. The van der Waals surface area contributed by atoms with Gasteiger partial charge in [-0.05, 0) is 44.5 Å². The van der Waals surface area contributed by atoms with Crippen LogP contribution in [0.3, 0.4) is 0 Å². The van der Waals surface area contributed by atoms with E-state index in [2.05, 4.69) is 15.0 Å². The molecule has 108 valence electrons. The minimum absolute atomic E-state index is 0.170. The predicted molar refractivity (Wildman–Crippen MR) is 77.4 cm³/mol. The molecule has 0 fully saturated rings. The van der Waals surface area contributed by atoms with Crippen molar-refractivity contribution < 1.29 is 8.42 Å². The molecule has 1 aromatic rings. The highest BCUT2D eigenvalue weighted by Gasteiger charge is 2.11. The van der Waals surface area contributed by atoms with Crippen molar-refractivity contribution in [1.82, 2.24) is 15.0 Å². The van der Waals surface area contributed by atoms with Gasteiger partial charge in [-0.2, -0.15) is 0 Å². The SMILES string of the molecule is CCc1cccnc1CNS(=O)(=O)CCCCNC. The Morgan fingerprint density at radius 2 is 2.11 bits per heavy atom. The molecule has 0 bridgehead atoms. The van der Waals surface area contributed by atoms with Crippen molar-refractivity contribution in [2.45, 2.75) is 32.7 Å².